The van der Waals surface area contributed by atoms with E-state index in [4.69, 9.17) is 4.42 Å². The summed E-state index contributed by atoms with van der Waals surface area (Å²) in [5, 5.41) is 7.17. The zero-order valence-electron chi connectivity index (χ0n) is 64.4. The van der Waals surface area contributed by atoms with Crippen LogP contribution in [0.4, 0.5) is 34.1 Å². The molecule has 0 amide bonds. The first-order valence-electron chi connectivity index (χ1n) is 40.7. The fraction of sp³-hybridized carbons (Fsp3) is 0.0175. The molecule has 21 aromatic rings. The molecule has 3 nitrogen and oxygen atoms in total. The van der Waals surface area contributed by atoms with E-state index in [0.29, 0.717) is 0 Å². The molecule has 0 aliphatic heterocycles. The summed E-state index contributed by atoms with van der Waals surface area (Å²) < 4.78 is 9.49. The standard InChI is InChI=1S/C114H74N2OS/c1-5-22-75(23-6-1)81-48-57-90(58-49-81)115(94-66-69-110-102(73-94)112-106(38-21-39-111(112)118-110)114(88-30-11-4-12-31-88)104-36-19-15-32-96(104)97-33-16-20-37-105(97)114)91-61-52-83(53-62-91)79-44-40-77(41-45-79)78-42-46-80(47-43-78)84-54-63-93(64-55-84)116(92-59-50-82(51-60-92)76-24-7-2-8-25-76)95-65-67-99-101-72-89(56-68-108(101)117-109(99)74-95)113(87-28-9-3-10-29-87)103-35-18-17-34-98(103)100-70-85-26-13-14-27-86(85)71-107(100)113/h1-74H. The first kappa shape index (κ1) is 68.6. The molecule has 2 aliphatic carbocycles. The molecule has 1 unspecified atom stereocenters. The Morgan fingerprint density at radius 2 is 0.568 bits per heavy atom. The van der Waals surface area contributed by atoms with E-state index in [9.17, 15) is 0 Å². The van der Waals surface area contributed by atoms with Gasteiger partial charge in [0.05, 0.1) is 10.8 Å². The van der Waals surface area contributed by atoms with Crippen LogP contribution in [0.3, 0.4) is 0 Å². The molecule has 1 atom stereocenters. The average Bonchev–Trinajstić information content (AvgIpc) is 1.53. The van der Waals surface area contributed by atoms with Gasteiger partial charge in [0, 0.05) is 71.1 Å². The topological polar surface area (TPSA) is 19.6 Å². The first-order chi connectivity index (χ1) is 58.5. The Morgan fingerprint density at radius 1 is 0.195 bits per heavy atom. The van der Waals surface area contributed by atoms with Gasteiger partial charge in [0.2, 0.25) is 0 Å². The van der Waals surface area contributed by atoms with E-state index in [0.717, 1.165) is 95.0 Å². The van der Waals surface area contributed by atoms with E-state index >= 15 is 0 Å². The molecule has 4 heteroatoms. The lowest BCUT2D eigenvalue weighted by Crippen LogP contribution is -2.28. The smallest absolute Gasteiger partial charge is 0.137 e. The van der Waals surface area contributed by atoms with E-state index in [1.54, 1.807) is 0 Å². The van der Waals surface area contributed by atoms with Crippen molar-refractivity contribution >= 4 is 98.3 Å². The van der Waals surface area contributed by atoms with Crippen molar-refractivity contribution in [2.24, 2.45) is 0 Å². The zero-order valence-corrected chi connectivity index (χ0v) is 65.3. The highest BCUT2D eigenvalue weighted by Gasteiger charge is 2.48. The SMILES string of the molecule is c1ccc(-c2ccc(N(c3ccc(-c4ccc(-c5ccc(-c6ccc(N(c7ccc(-c8ccccc8)cc7)c7ccc8sc9cccc(C%10(c%11ccccc%11)c%11ccccc%11-c%11ccccc%11%10)c9c8c7)cc6)cc5)cc4)cc3)c3ccc4c(c3)oc3ccc(C5(c6ccccc6)c6ccccc6-c6cc7ccccc7cc65)cc34)cc2)cc1. The first-order valence-corrected chi connectivity index (χ1v) is 41.5. The van der Waals surface area contributed by atoms with E-state index < -0.39 is 10.8 Å². The lowest BCUT2D eigenvalue weighted by molar-refractivity contribution is 0.668. The Labute approximate surface area is 689 Å². The van der Waals surface area contributed by atoms with Gasteiger partial charge in [-0.15, -0.1) is 11.3 Å². The molecule has 118 heavy (non-hydrogen) atoms. The summed E-state index contributed by atoms with van der Waals surface area (Å²) in [6.45, 7) is 0. The van der Waals surface area contributed by atoms with E-state index in [2.05, 4.69) is 459 Å². The molecule has 2 aliphatic rings. The summed E-state index contributed by atoms with van der Waals surface area (Å²) >= 11 is 1.88. The second-order valence-corrected chi connectivity index (χ2v) is 32.4. The van der Waals surface area contributed by atoms with Crippen molar-refractivity contribution in [3.05, 3.63) is 493 Å². The molecule has 0 bridgehead atoms. The molecule has 0 N–H and O–H groups in total. The van der Waals surface area contributed by atoms with Gasteiger partial charge in [-0.2, -0.15) is 0 Å². The third kappa shape index (κ3) is 11.1. The number of rotatable bonds is 15. The molecule has 0 saturated carbocycles. The molecule has 19 aromatic carbocycles. The van der Waals surface area contributed by atoms with Gasteiger partial charge in [-0.05, 0) is 242 Å². The number of nitrogens with zero attached hydrogens (tertiary/aromatic N) is 2. The molecule has 552 valence electrons. The van der Waals surface area contributed by atoms with Gasteiger partial charge < -0.3 is 14.2 Å². The Balaban J connectivity index is 0.548. The maximum atomic E-state index is 6.96. The summed E-state index contributed by atoms with van der Waals surface area (Å²) in [6.07, 6.45) is 0. The van der Waals surface area contributed by atoms with Crippen molar-refractivity contribution in [1.29, 1.82) is 0 Å². The number of fused-ring (bicyclic) bond motifs is 13. The quantitative estimate of drug-likeness (QED) is 0.102. The van der Waals surface area contributed by atoms with Crippen molar-refractivity contribution < 1.29 is 4.42 Å². The second kappa shape index (κ2) is 28.0. The van der Waals surface area contributed by atoms with Crippen molar-refractivity contribution in [3.8, 4) is 77.9 Å². The molecule has 0 saturated heterocycles. The predicted octanol–water partition coefficient (Wildman–Crippen LogP) is 31.1. The fourth-order valence-electron chi connectivity index (χ4n) is 19.6. The summed E-state index contributed by atoms with van der Waals surface area (Å²) in [5.74, 6) is 0. The molecular formula is C114H74N2OS. The maximum absolute atomic E-state index is 6.96. The summed E-state index contributed by atoms with van der Waals surface area (Å²) in [6, 6.07) is 166. The average molecular weight is 1520 g/mol. The molecular weight excluding hydrogens is 1450 g/mol. The number of furan rings is 1. The van der Waals surface area contributed by atoms with Gasteiger partial charge in [-0.3, -0.25) is 0 Å². The van der Waals surface area contributed by atoms with Gasteiger partial charge >= 0.3 is 0 Å². The lowest BCUT2D eigenvalue weighted by Gasteiger charge is -2.34. The number of thiophene rings is 1. The maximum Gasteiger partial charge on any atom is 0.137 e. The summed E-state index contributed by atoms with van der Waals surface area (Å²) in [4.78, 5) is 4.77. The Kier molecular flexibility index (Phi) is 16.3. The van der Waals surface area contributed by atoms with Gasteiger partial charge in [0.25, 0.3) is 0 Å². The predicted molar refractivity (Wildman–Crippen MR) is 495 cm³/mol. The minimum Gasteiger partial charge on any atom is -0.456 e. The molecule has 0 fully saturated rings. The van der Waals surface area contributed by atoms with Crippen LogP contribution in [0.5, 0.6) is 0 Å². The van der Waals surface area contributed by atoms with E-state index in [-0.39, 0.29) is 0 Å². The van der Waals surface area contributed by atoms with E-state index in [1.165, 1.54) is 114 Å². The highest BCUT2D eigenvalue weighted by Crippen LogP contribution is 2.61. The summed E-state index contributed by atoms with van der Waals surface area (Å²) in [5.41, 5.74) is 33.9. The largest absolute Gasteiger partial charge is 0.456 e. The van der Waals surface area contributed by atoms with Crippen LogP contribution < -0.4 is 9.80 Å². The highest BCUT2D eigenvalue weighted by molar-refractivity contribution is 7.25. The van der Waals surface area contributed by atoms with Crippen LogP contribution in [-0.4, -0.2) is 0 Å². The number of hydrogen-bond donors (Lipinski definition) is 0. The highest BCUT2D eigenvalue weighted by atomic mass is 32.1. The van der Waals surface area contributed by atoms with Crippen LogP contribution in [0.2, 0.25) is 0 Å². The Morgan fingerprint density at radius 3 is 1.06 bits per heavy atom. The van der Waals surface area contributed by atoms with Gasteiger partial charge in [-0.1, -0.05) is 334 Å². The van der Waals surface area contributed by atoms with Crippen LogP contribution in [0.25, 0.3) is 131 Å². The van der Waals surface area contributed by atoms with Gasteiger partial charge in [0.1, 0.15) is 11.2 Å². The third-order valence-electron chi connectivity index (χ3n) is 25.0. The van der Waals surface area contributed by atoms with Crippen molar-refractivity contribution in [3.63, 3.8) is 0 Å². The Hall–Kier alpha value is -14.9. The second-order valence-electron chi connectivity index (χ2n) is 31.3. The molecule has 2 aromatic heterocycles. The third-order valence-corrected chi connectivity index (χ3v) is 26.2. The molecule has 0 radical (unpaired) electrons. The van der Waals surface area contributed by atoms with Gasteiger partial charge in [-0.25, -0.2) is 0 Å². The van der Waals surface area contributed by atoms with Crippen LogP contribution in [0.15, 0.2) is 453 Å². The van der Waals surface area contributed by atoms with Gasteiger partial charge in [0.15, 0.2) is 0 Å². The molecule has 23 rings (SSSR count). The fourth-order valence-corrected chi connectivity index (χ4v) is 20.7. The monoisotopic (exact) mass is 1520 g/mol. The normalized spacial score (nSPS) is 13.7. The van der Waals surface area contributed by atoms with Crippen LogP contribution in [0, 0.1) is 0 Å². The molecule has 0 spiro atoms. The van der Waals surface area contributed by atoms with Crippen LogP contribution in [-0.2, 0) is 10.8 Å². The number of benzene rings is 19. The van der Waals surface area contributed by atoms with Crippen LogP contribution in [0.1, 0.15) is 44.5 Å². The van der Waals surface area contributed by atoms with Crippen molar-refractivity contribution in [2.45, 2.75) is 10.8 Å². The zero-order chi connectivity index (χ0) is 77.8. The Bertz CT molecular complexity index is 7380. The minimum atomic E-state index is -0.568. The molecule has 2 heterocycles. The minimum absolute atomic E-state index is 0.542. The van der Waals surface area contributed by atoms with Crippen molar-refractivity contribution in [1.82, 2.24) is 0 Å². The number of hydrogen-bond acceptors (Lipinski definition) is 4. The van der Waals surface area contributed by atoms with Crippen molar-refractivity contribution in [2.75, 3.05) is 9.80 Å². The summed E-state index contributed by atoms with van der Waals surface area (Å²) in [7, 11) is 0. The van der Waals surface area contributed by atoms with Crippen LogP contribution >= 0.6 is 11.3 Å². The lowest BCUT2D eigenvalue weighted by atomic mass is 9.66. The number of anilines is 6. The van der Waals surface area contributed by atoms with E-state index in [1.807, 2.05) is 11.3 Å².